The highest BCUT2D eigenvalue weighted by Crippen LogP contribution is 2.20. The fraction of sp³-hybridized carbons (Fsp3) is 0.316. The summed E-state index contributed by atoms with van der Waals surface area (Å²) < 4.78 is 9.13. The molecule has 2 rings (SSSR count). The number of carboxylic acids is 1. The molecule has 148 valence electrons. The van der Waals surface area contributed by atoms with Crippen molar-refractivity contribution >= 4 is 34.7 Å². The maximum atomic E-state index is 12.5. The lowest BCUT2D eigenvalue weighted by Gasteiger charge is -2.25. The van der Waals surface area contributed by atoms with Crippen LogP contribution in [-0.4, -0.2) is 54.2 Å². The first-order valence-corrected chi connectivity index (χ1v) is 8.35. The van der Waals surface area contributed by atoms with E-state index in [0.29, 0.717) is 5.52 Å². The molecule has 1 heterocycles. The highest BCUT2D eigenvalue weighted by molar-refractivity contribution is 5.99. The molecule has 28 heavy (non-hydrogen) atoms. The SMILES string of the molecule is COC(=O)C(C(=O)OC)[C@H](C)[C@@H](NC(=O)c1ccc2ccccc2n1)C(=O)O. The summed E-state index contributed by atoms with van der Waals surface area (Å²) in [6.45, 7) is 1.34. The minimum Gasteiger partial charge on any atom is -0.480 e. The van der Waals surface area contributed by atoms with Gasteiger partial charge in [0.2, 0.25) is 0 Å². The molecular weight excluding hydrogens is 368 g/mol. The molecule has 0 radical (unpaired) electrons. The van der Waals surface area contributed by atoms with E-state index in [0.717, 1.165) is 19.6 Å². The van der Waals surface area contributed by atoms with Crippen LogP contribution >= 0.6 is 0 Å². The number of pyridine rings is 1. The number of methoxy groups -OCH3 is 2. The number of carboxylic acid groups (broad SMARTS) is 1. The monoisotopic (exact) mass is 388 g/mol. The van der Waals surface area contributed by atoms with E-state index in [9.17, 15) is 24.3 Å². The van der Waals surface area contributed by atoms with Gasteiger partial charge in [0.05, 0.1) is 19.7 Å². The van der Waals surface area contributed by atoms with Crippen molar-refractivity contribution in [2.45, 2.75) is 13.0 Å². The van der Waals surface area contributed by atoms with Crippen LogP contribution in [0.3, 0.4) is 0 Å². The molecule has 0 spiro atoms. The van der Waals surface area contributed by atoms with Crippen LogP contribution in [-0.2, 0) is 23.9 Å². The van der Waals surface area contributed by atoms with Crippen LogP contribution in [0.2, 0.25) is 0 Å². The first-order valence-electron chi connectivity index (χ1n) is 8.35. The number of nitrogens with zero attached hydrogens (tertiary/aromatic N) is 1. The number of ether oxygens (including phenoxy) is 2. The van der Waals surface area contributed by atoms with Gasteiger partial charge in [-0.1, -0.05) is 31.2 Å². The molecular formula is C19H20N2O7. The minimum absolute atomic E-state index is 0.00448. The predicted molar refractivity (Wildman–Crippen MR) is 97.3 cm³/mol. The van der Waals surface area contributed by atoms with E-state index in [1.807, 2.05) is 12.1 Å². The second kappa shape index (κ2) is 8.94. The lowest BCUT2D eigenvalue weighted by atomic mass is 9.87. The second-order valence-electron chi connectivity index (χ2n) is 6.06. The Labute approximate surface area is 160 Å². The fourth-order valence-electron chi connectivity index (χ4n) is 2.80. The van der Waals surface area contributed by atoms with E-state index in [4.69, 9.17) is 0 Å². The van der Waals surface area contributed by atoms with E-state index in [2.05, 4.69) is 19.8 Å². The molecule has 2 atom stereocenters. The maximum Gasteiger partial charge on any atom is 0.326 e. The van der Waals surface area contributed by atoms with Gasteiger partial charge in [0.25, 0.3) is 5.91 Å². The molecule has 1 aromatic carbocycles. The number of rotatable bonds is 7. The number of fused-ring (bicyclic) bond motifs is 1. The first kappa shape index (κ1) is 20.8. The number of para-hydroxylation sites is 1. The van der Waals surface area contributed by atoms with Crippen LogP contribution in [0.15, 0.2) is 36.4 Å². The number of benzene rings is 1. The third kappa shape index (κ3) is 4.43. The summed E-state index contributed by atoms with van der Waals surface area (Å²) in [5.41, 5.74) is 0.571. The average molecular weight is 388 g/mol. The van der Waals surface area contributed by atoms with E-state index >= 15 is 0 Å². The third-order valence-corrected chi connectivity index (χ3v) is 4.35. The molecule has 9 heteroatoms. The zero-order chi connectivity index (χ0) is 20.8. The molecule has 0 aliphatic carbocycles. The molecule has 0 aliphatic rings. The summed E-state index contributed by atoms with van der Waals surface area (Å²) in [5.74, 6) is -6.73. The molecule has 2 N–H and O–H groups in total. The molecule has 0 unspecified atom stereocenters. The average Bonchev–Trinajstić information content (AvgIpc) is 2.70. The Kier molecular flexibility index (Phi) is 6.64. The molecule has 2 aromatic rings. The van der Waals surface area contributed by atoms with Crippen LogP contribution in [0.4, 0.5) is 0 Å². The summed E-state index contributed by atoms with van der Waals surface area (Å²) in [6, 6.07) is 8.71. The number of amides is 1. The van der Waals surface area contributed by atoms with Gasteiger partial charge in [0, 0.05) is 11.3 Å². The van der Waals surface area contributed by atoms with E-state index in [1.54, 1.807) is 18.2 Å². The van der Waals surface area contributed by atoms with Crippen LogP contribution in [0, 0.1) is 11.8 Å². The zero-order valence-electron chi connectivity index (χ0n) is 15.5. The summed E-state index contributed by atoms with van der Waals surface area (Å²) >= 11 is 0. The van der Waals surface area contributed by atoms with Crippen LogP contribution < -0.4 is 5.32 Å². The minimum atomic E-state index is -1.55. The van der Waals surface area contributed by atoms with Crippen molar-refractivity contribution in [3.63, 3.8) is 0 Å². The zero-order valence-corrected chi connectivity index (χ0v) is 15.5. The number of carbonyl (C=O) groups is 4. The lowest BCUT2D eigenvalue weighted by molar-refractivity contribution is -0.162. The highest BCUT2D eigenvalue weighted by atomic mass is 16.5. The van der Waals surface area contributed by atoms with Crippen molar-refractivity contribution in [2.24, 2.45) is 11.8 Å². The fourth-order valence-corrected chi connectivity index (χ4v) is 2.80. The lowest BCUT2D eigenvalue weighted by Crippen LogP contribution is -2.50. The second-order valence-corrected chi connectivity index (χ2v) is 6.06. The Morgan fingerprint density at radius 1 is 1.00 bits per heavy atom. The van der Waals surface area contributed by atoms with Gasteiger partial charge in [-0.15, -0.1) is 0 Å². The van der Waals surface area contributed by atoms with Gasteiger partial charge in [-0.2, -0.15) is 0 Å². The highest BCUT2D eigenvalue weighted by Gasteiger charge is 2.42. The van der Waals surface area contributed by atoms with Crippen molar-refractivity contribution in [1.82, 2.24) is 10.3 Å². The molecule has 9 nitrogen and oxygen atoms in total. The molecule has 0 bridgehead atoms. The number of aliphatic carboxylic acids is 1. The van der Waals surface area contributed by atoms with Crippen molar-refractivity contribution in [1.29, 1.82) is 0 Å². The first-order chi connectivity index (χ1) is 13.3. The standard InChI is InChI=1S/C19H20N2O7/c1-10(14(18(25)27-2)19(26)28-3)15(17(23)24)21-16(22)13-9-8-11-6-4-5-7-12(11)20-13/h4-10,14-15H,1-3H3,(H,21,22)(H,23,24)/t10-,15+/m0/s1. The van der Waals surface area contributed by atoms with Crippen molar-refractivity contribution < 1.29 is 33.8 Å². The Bertz CT molecular complexity index is 896. The summed E-state index contributed by atoms with van der Waals surface area (Å²) in [6.07, 6.45) is 0. The Morgan fingerprint density at radius 2 is 1.61 bits per heavy atom. The Hall–Kier alpha value is -3.49. The maximum absolute atomic E-state index is 12.5. The smallest absolute Gasteiger partial charge is 0.326 e. The molecule has 1 amide bonds. The van der Waals surface area contributed by atoms with Gasteiger partial charge in [-0.25, -0.2) is 9.78 Å². The number of nitrogens with one attached hydrogen (secondary N) is 1. The third-order valence-electron chi connectivity index (χ3n) is 4.35. The van der Waals surface area contributed by atoms with Crippen molar-refractivity contribution in [3.05, 3.63) is 42.1 Å². The molecule has 1 aromatic heterocycles. The van der Waals surface area contributed by atoms with Crippen LogP contribution in [0.1, 0.15) is 17.4 Å². The summed E-state index contributed by atoms with van der Waals surface area (Å²) in [4.78, 5) is 52.3. The van der Waals surface area contributed by atoms with Crippen LogP contribution in [0.5, 0.6) is 0 Å². The van der Waals surface area contributed by atoms with Gasteiger partial charge < -0.3 is 19.9 Å². The van der Waals surface area contributed by atoms with Gasteiger partial charge >= 0.3 is 17.9 Å². The van der Waals surface area contributed by atoms with E-state index in [-0.39, 0.29) is 5.69 Å². The molecule has 0 saturated heterocycles. The van der Waals surface area contributed by atoms with Crippen molar-refractivity contribution in [3.8, 4) is 0 Å². The topological polar surface area (TPSA) is 132 Å². The predicted octanol–water partition coefficient (Wildman–Crippen LogP) is 1.02. The summed E-state index contributed by atoms with van der Waals surface area (Å²) in [7, 11) is 2.14. The number of hydrogen-bond acceptors (Lipinski definition) is 7. The quantitative estimate of drug-likeness (QED) is 0.531. The molecule has 0 saturated carbocycles. The van der Waals surface area contributed by atoms with Gasteiger partial charge in [-0.3, -0.25) is 14.4 Å². The number of carbonyl (C=O) groups excluding carboxylic acids is 3. The van der Waals surface area contributed by atoms with Gasteiger partial charge in [0.1, 0.15) is 11.7 Å². The number of hydrogen-bond donors (Lipinski definition) is 2. The Morgan fingerprint density at radius 3 is 2.18 bits per heavy atom. The molecule has 0 fully saturated rings. The van der Waals surface area contributed by atoms with Gasteiger partial charge in [0.15, 0.2) is 5.92 Å². The number of esters is 2. The number of aromatic nitrogens is 1. The summed E-state index contributed by atoms with van der Waals surface area (Å²) in [5, 5.41) is 12.7. The normalized spacial score (nSPS) is 12.9. The van der Waals surface area contributed by atoms with E-state index in [1.165, 1.54) is 13.0 Å². The van der Waals surface area contributed by atoms with Crippen molar-refractivity contribution in [2.75, 3.05) is 14.2 Å². The van der Waals surface area contributed by atoms with E-state index < -0.39 is 41.7 Å². The largest absolute Gasteiger partial charge is 0.480 e. The van der Waals surface area contributed by atoms with Gasteiger partial charge in [-0.05, 0) is 12.1 Å². The van der Waals surface area contributed by atoms with Crippen LogP contribution in [0.25, 0.3) is 10.9 Å². The Balaban J connectivity index is 2.29. The molecule has 0 aliphatic heterocycles.